The lowest BCUT2D eigenvalue weighted by Crippen LogP contribution is -2.26. The third-order valence-electron chi connectivity index (χ3n) is 2.93. The number of nitrogens with two attached hydrogens (primary N) is 1. The molecule has 0 spiro atoms. The summed E-state index contributed by atoms with van der Waals surface area (Å²) >= 11 is 0. The lowest BCUT2D eigenvalue weighted by atomic mass is 10.0. The maximum atomic E-state index is 6.04. The van der Waals surface area contributed by atoms with Crippen molar-refractivity contribution in [2.45, 2.75) is 45.6 Å². The maximum absolute atomic E-state index is 6.04. The standard InChI is InChI=1S/C12H23N3O/c1-6-7-10-14-9(11(13)15(10)4)8-12(2,3)16-5/h6-8,13H2,1-5H3. The zero-order chi connectivity index (χ0) is 12.3. The third kappa shape index (κ3) is 2.76. The summed E-state index contributed by atoms with van der Waals surface area (Å²) in [5.41, 5.74) is 6.77. The van der Waals surface area contributed by atoms with Crippen molar-refractivity contribution in [3.8, 4) is 0 Å². The number of aryl methyl sites for hydroxylation is 1. The summed E-state index contributed by atoms with van der Waals surface area (Å²) < 4.78 is 7.38. The van der Waals surface area contributed by atoms with Gasteiger partial charge < -0.3 is 15.0 Å². The largest absolute Gasteiger partial charge is 0.384 e. The highest BCUT2D eigenvalue weighted by molar-refractivity contribution is 5.38. The van der Waals surface area contributed by atoms with Gasteiger partial charge in [-0.25, -0.2) is 4.98 Å². The Morgan fingerprint density at radius 1 is 1.44 bits per heavy atom. The van der Waals surface area contributed by atoms with Crippen molar-refractivity contribution in [3.63, 3.8) is 0 Å². The molecule has 0 aliphatic carbocycles. The topological polar surface area (TPSA) is 53.1 Å². The zero-order valence-corrected chi connectivity index (χ0v) is 11.0. The van der Waals surface area contributed by atoms with Crippen LogP contribution in [-0.2, 0) is 24.6 Å². The first-order valence-corrected chi connectivity index (χ1v) is 5.76. The number of anilines is 1. The molecule has 0 amide bonds. The van der Waals surface area contributed by atoms with Gasteiger partial charge in [0.2, 0.25) is 0 Å². The highest BCUT2D eigenvalue weighted by Gasteiger charge is 2.22. The van der Waals surface area contributed by atoms with Gasteiger partial charge in [0.15, 0.2) is 0 Å². The lowest BCUT2D eigenvalue weighted by molar-refractivity contribution is 0.0226. The average molecular weight is 225 g/mol. The fraction of sp³-hybridized carbons (Fsp3) is 0.750. The molecule has 1 aromatic rings. The van der Waals surface area contributed by atoms with Gasteiger partial charge in [-0.05, 0) is 20.3 Å². The van der Waals surface area contributed by atoms with Crippen LogP contribution in [0.3, 0.4) is 0 Å². The molecule has 0 bridgehead atoms. The van der Waals surface area contributed by atoms with E-state index in [2.05, 4.69) is 11.9 Å². The van der Waals surface area contributed by atoms with E-state index in [0.717, 1.165) is 36.6 Å². The Kier molecular flexibility index (Phi) is 3.97. The van der Waals surface area contributed by atoms with E-state index in [-0.39, 0.29) is 5.60 Å². The number of hydrogen-bond acceptors (Lipinski definition) is 3. The third-order valence-corrected chi connectivity index (χ3v) is 2.93. The van der Waals surface area contributed by atoms with Crippen molar-refractivity contribution in [2.75, 3.05) is 12.8 Å². The fourth-order valence-electron chi connectivity index (χ4n) is 1.67. The van der Waals surface area contributed by atoms with E-state index < -0.39 is 0 Å². The second-order valence-electron chi connectivity index (χ2n) is 4.81. The van der Waals surface area contributed by atoms with Gasteiger partial charge >= 0.3 is 0 Å². The molecule has 0 saturated heterocycles. The predicted octanol–water partition coefficient (Wildman–Crippen LogP) is 1.92. The maximum Gasteiger partial charge on any atom is 0.126 e. The Morgan fingerprint density at radius 3 is 2.56 bits per heavy atom. The van der Waals surface area contributed by atoms with Crippen LogP contribution in [0.4, 0.5) is 5.82 Å². The number of aromatic nitrogens is 2. The number of nitrogens with zero attached hydrogens (tertiary/aromatic N) is 2. The fourth-order valence-corrected chi connectivity index (χ4v) is 1.67. The molecular formula is C12H23N3O. The van der Waals surface area contributed by atoms with E-state index in [1.807, 2.05) is 25.5 Å². The minimum absolute atomic E-state index is 0.216. The molecule has 0 aromatic carbocycles. The molecule has 0 unspecified atom stereocenters. The minimum atomic E-state index is -0.216. The summed E-state index contributed by atoms with van der Waals surface area (Å²) in [7, 11) is 3.68. The van der Waals surface area contributed by atoms with Crippen LogP contribution in [0.2, 0.25) is 0 Å². The number of ether oxygens (including phenoxy) is 1. The first kappa shape index (κ1) is 13.0. The lowest BCUT2D eigenvalue weighted by Gasteiger charge is -2.21. The molecule has 0 aliphatic rings. The van der Waals surface area contributed by atoms with Crippen molar-refractivity contribution >= 4 is 5.82 Å². The van der Waals surface area contributed by atoms with Crippen molar-refractivity contribution in [1.29, 1.82) is 0 Å². The molecule has 2 N–H and O–H groups in total. The van der Waals surface area contributed by atoms with Gasteiger partial charge in [0.25, 0.3) is 0 Å². The summed E-state index contributed by atoms with van der Waals surface area (Å²) in [6.45, 7) is 6.23. The van der Waals surface area contributed by atoms with E-state index in [1.165, 1.54) is 0 Å². The Morgan fingerprint density at radius 2 is 2.06 bits per heavy atom. The molecule has 1 aromatic heterocycles. The Labute approximate surface area is 97.8 Å². The van der Waals surface area contributed by atoms with E-state index >= 15 is 0 Å². The van der Waals surface area contributed by atoms with Crippen molar-refractivity contribution in [3.05, 3.63) is 11.5 Å². The molecule has 0 radical (unpaired) electrons. The second-order valence-corrected chi connectivity index (χ2v) is 4.81. The number of hydrogen-bond donors (Lipinski definition) is 1. The van der Waals surface area contributed by atoms with E-state index in [4.69, 9.17) is 10.5 Å². The molecule has 16 heavy (non-hydrogen) atoms. The summed E-state index contributed by atoms with van der Waals surface area (Å²) in [6, 6.07) is 0. The quantitative estimate of drug-likeness (QED) is 0.833. The number of imidazole rings is 1. The Balaban J connectivity index is 2.93. The minimum Gasteiger partial charge on any atom is -0.384 e. The van der Waals surface area contributed by atoms with E-state index in [0.29, 0.717) is 0 Å². The molecule has 0 fully saturated rings. The van der Waals surface area contributed by atoms with Crippen LogP contribution in [0.25, 0.3) is 0 Å². The SMILES string of the molecule is CCCc1nc(CC(C)(C)OC)c(N)n1C. The summed E-state index contributed by atoms with van der Waals surface area (Å²) in [4.78, 5) is 4.59. The van der Waals surface area contributed by atoms with Crippen LogP contribution in [0.15, 0.2) is 0 Å². The number of methoxy groups -OCH3 is 1. The van der Waals surface area contributed by atoms with E-state index in [9.17, 15) is 0 Å². The van der Waals surface area contributed by atoms with Gasteiger partial charge in [0.05, 0.1) is 11.3 Å². The van der Waals surface area contributed by atoms with Gasteiger partial charge in [-0.15, -0.1) is 0 Å². The monoisotopic (exact) mass is 225 g/mol. The Hall–Kier alpha value is -1.03. The molecule has 1 heterocycles. The predicted molar refractivity (Wildman–Crippen MR) is 66.4 cm³/mol. The molecule has 0 aliphatic heterocycles. The molecule has 1 rings (SSSR count). The molecule has 0 atom stereocenters. The van der Waals surface area contributed by atoms with Gasteiger partial charge in [0, 0.05) is 27.0 Å². The first-order chi connectivity index (χ1) is 7.41. The molecule has 0 saturated carbocycles. The highest BCUT2D eigenvalue weighted by Crippen LogP contribution is 2.21. The van der Waals surface area contributed by atoms with Crippen LogP contribution in [-0.4, -0.2) is 22.3 Å². The number of rotatable bonds is 5. The van der Waals surface area contributed by atoms with E-state index in [1.54, 1.807) is 7.11 Å². The van der Waals surface area contributed by atoms with Crippen LogP contribution in [0, 0.1) is 0 Å². The van der Waals surface area contributed by atoms with Gasteiger partial charge in [0.1, 0.15) is 11.6 Å². The summed E-state index contributed by atoms with van der Waals surface area (Å²) in [6.07, 6.45) is 2.79. The molecular weight excluding hydrogens is 202 g/mol. The van der Waals surface area contributed by atoms with Crippen molar-refractivity contribution < 1.29 is 4.74 Å². The summed E-state index contributed by atoms with van der Waals surface area (Å²) in [5, 5.41) is 0. The van der Waals surface area contributed by atoms with Gasteiger partial charge in [-0.2, -0.15) is 0 Å². The average Bonchev–Trinajstić information content (AvgIpc) is 2.47. The highest BCUT2D eigenvalue weighted by atomic mass is 16.5. The van der Waals surface area contributed by atoms with Gasteiger partial charge in [-0.1, -0.05) is 6.92 Å². The van der Waals surface area contributed by atoms with Crippen LogP contribution >= 0.6 is 0 Å². The van der Waals surface area contributed by atoms with Crippen LogP contribution in [0.1, 0.15) is 38.7 Å². The Bertz CT molecular complexity index is 355. The van der Waals surface area contributed by atoms with Crippen molar-refractivity contribution in [1.82, 2.24) is 9.55 Å². The summed E-state index contributed by atoms with van der Waals surface area (Å²) in [5.74, 6) is 1.82. The first-order valence-electron chi connectivity index (χ1n) is 5.76. The van der Waals surface area contributed by atoms with Crippen LogP contribution < -0.4 is 5.73 Å². The smallest absolute Gasteiger partial charge is 0.126 e. The van der Waals surface area contributed by atoms with Crippen molar-refractivity contribution in [2.24, 2.45) is 7.05 Å². The number of nitrogen functional groups attached to an aromatic ring is 1. The molecule has 92 valence electrons. The van der Waals surface area contributed by atoms with Gasteiger partial charge in [-0.3, -0.25) is 0 Å². The molecule has 4 nitrogen and oxygen atoms in total. The normalized spacial score (nSPS) is 12.1. The zero-order valence-electron chi connectivity index (χ0n) is 11.0. The van der Waals surface area contributed by atoms with Crippen LogP contribution in [0.5, 0.6) is 0 Å². The second kappa shape index (κ2) is 4.87. The molecule has 4 heteroatoms.